The second-order valence-electron chi connectivity index (χ2n) is 4.10. The third kappa shape index (κ3) is 2.58. The van der Waals surface area contributed by atoms with Crippen LogP contribution < -0.4 is 16.4 Å². The van der Waals surface area contributed by atoms with Crippen molar-refractivity contribution >= 4 is 23.2 Å². The number of carbonyl (C=O) groups excluding carboxylic acids is 2. The van der Waals surface area contributed by atoms with E-state index in [1.165, 1.54) is 0 Å². The molecule has 1 atom stereocenters. The van der Waals surface area contributed by atoms with E-state index < -0.39 is 6.04 Å². The number of nitrogens with one attached hydrogen (secondary N) is 2. The smallest absolute Gasteiger partial charge is 0.249 e. The van der Waals surface area contributed by atoms with Gasteiger partial charge >= 0.3 is 0 Å². The molecule has 1 heterocycles. The van der Waals surface area contributed by atoms with E-state index >= 15 is 0 Å². The molecule has 2 amide bonds. The monoisotopic (exact) mass is 244 g/mol. The number of benzene rings is 1. The normalized spacial score (nSPS) is 18.9. The molecule has 1 saturated heterocycles. The Bertz CT molecular complexity index is 547. The SMILES string of the molecule is N#Cc1cc(N)cc(NC2CCC(=O)NC2=O)c1. The first-order valence-electron chi connectivity index (χ1n) is 5.49. The van der Waals surface area contributed by atoms with E-state index in [2.05, 4.69) is 10.6 Å². The van der Waals surface area contributed by atoms with Crippen LogP contribution in [0.2, 0.25) is 0 Å². The summed E-state index contributed by atoms with van der Waals surface area (Å²) >= 11 is 0. The van der Waals surface area contributed by atoms with E-state index in [0.717, 1.165) is 0 Å². The molecule has 92 valence electrons. The summed E-state index contributed by atoms with van der Waals surface area (Å²) in [6, 6.07) is 6.32. The van der Waals surface area contributed by atoms with E-state index in [9.17, 15) is 9.59 Å². The first-order chi connectivity index (χ1) is 8.58. The van der Waals surface area contributed by atoms with E-state index in [4.69, 9.17) is 11.0 Å². The van der Waals surface area contributed by atoms with Gasteiger partial charge in [0.25, 0.3) is 0 Å². The van der Waals surface area contributed by atoms with Gasteiger partial charge in [0, 0.05) is 17.8 Å². The Morgan fingerprint density at radius 2 is 2.17 bits per heavy atom. The highest BCUT2D eigenvalue weighted by Gasteiger charge is 2.26. The molecule has 4 N–H and O–H groups in total. The number of hydrogen-bond acceptors (Lipinski definition) is 5. The van der Waals surface area contributed by atoms with Gasteiger partial charge in [-0.05, 0) is 24.6 Å². The minimum atomic E-state index is -0.476. The molecule has 6 heteroatoms. The lowest BCUT2D eigenvalue weighted by atomic mass is 10.1. The average Bonchev–Trinajstić information content (AvgIpc) is 2.32. The molecule has 6 nitrogen and oxygen atoms in total. The number of anilines is 2. The first kappa shape index (κ1) is 11.9. The fraction of sp³-hybridized carbons (Fsp3) is 0.250. The van der Waals surface area contributed by atoms with Crippen molar-refractivity contribution in [2.45, 2.75) is 18.9 Å². The fourth-order valence-electron chi connectivity index (χ4n) is 1.83. The van der Waals surface area contributed by atoms with Crippen LogP contribution in [0.3, 0.4) is 0 Å². The van der Waals surface area contributed by atoms with Gasteiger partial charge < -0.3 is 11.1 Å². The van der Waals surface area contributed by atoms with Gasteiger partial charge in [-0.3, -0.25) is 14.9 Å². The van der Waals surface area contributed by atoms with E-state index in [1.54, 1.807) is 18.2 Å². The van der Waals surface area contributed by atoms with Crippen LogP contribution in [-0.4, -0.2) is 17.9 Å². The van der Waals surface area contributed by atoms with Gasteiger partial charge in [-0.1, -0.05) is 0 Å². The van der Waals surface area contributed by atoms with E-state index in [1.807, 2.05) is 6.07 Å². The molecule has 0 aromatic heterocycles. The summed E-state index contributed by atoms with van der Waals surface area (Å²) in [6.45, 7) is 0. The topological polar surface area (TPSA) is 108 Å². The zero-order valence-electron chi connectivity index (χ0n) is 9.56. The maximum Gasteiger partial charge on any atom is 0.249 e. The van der Waals surface area contributed by atoms with Crippen molar-refractivity contribution < 1.29 is 9.59 Å². The molecule has 18 heavy (non-hydrogen) atoms. The number of hydrogen-bond donors (Lipinski definition) is 3. The molecule has 0 bridgehead atoms. The molecule has 0 spiro atoms. The number of piperidine rings is 1. The summed E-state index contributed by atoms with van der Waals surface area (Å²) in [7, 11) is 0. The largest absolute Gasteiger partial charge is 0.399 e. The Kier molecular flexibility index (Phi) is 3.15. The minimum Gasteiger partial charge on any atom is -0.399 e. The zero-order chi connectivity index (χ0) is 13.1. The molecule has 1 fully saturated rings. The lowest BCUT2D eigenvalue weighted by molar-refractivity contribution is -0.133. The Balaban J connectivity index is 2.14. The van der Waals surface area contributed by atoms with Gasteiger partial charge in [0.2, 0.25) is 11.8 Å². The van der Waals surface area contributed by atoms with Crippen molar-refractivity contribution in [3.63, 3.8) is 0 Å². The summed E-state index contributed by atoms with van der Waals surface area (Å²) in [4.78, 5) is 22.6. The standard InChI is InChI=1S/C12H12N4O2/c13-6-7-3-8(14)5-9(4-7)15-10-1-2-11(17)16-12(10)18/h3-5,10,15H,1-2,14H2,(H,16,17,18). The van der Waals surface area contributed by atoms with Gasteiger partial charge in [0.1, 0.15) is 6.04 Å². The lowest BCUT2D eigenvalue weighted by Gasteiger charge is -2.23. The third-order valence-corrected chi connectivity index (χ3v) is 2.66. The molecule has 0 radical (unpaired) electrons. The van der Waals surface area contributed by atoms with Crippen molar-refractivity contribution in [1.29, 1.82) is 5.26 Å². The summed E-state index contributed by atoms with van der Waals surface area (Å²) in [5.41, 5.74) is 7.12. The van der Waals surface area contributed by atoms with Crippen molar-refractivity contribution in [3.05, 3.63) is 23.8 Å². The summed E-state index contributed by atoms with van der Waals surface area (Å²) in [6.07, 6.45) is 0.734. The summed E-state index contributed by atoms with van der Waals surface area (Å²) in [5.74, 6) is -0.615. The third-order valence-electron chi connectivity index (χ3n) is 2.66. The molecule has 1 aliphatic rings. The molecule has 1 unspecified atom stereocenters. The van der Waals surface area contributed by atoms with Crippen LogP contribution in [0.15, 0.2) is 18.2 Å². The number of nitriles is 1. The maximum atomic E-state index is 11.6. The lowest BCUT2D eigenvalue weighted by Crippen LogP contribution is -2.47. The molecule has 1 aliphatic heterocycles. The Morgan fingerprint density at radius 3 is 2.83 bits per heavy atom. The van der Waals surface area contributed by atoms with Gasteiger partial charge in [0.05, 0.1) is 11.6 Å². The number of amides is 2. The highest BCUT2D eigenvalue weighted by molar-refractivity contribution is 6.01. The number of nitrogens with two attached hydrogens (primary N) is 1. The summed E-state index contributed by atoms with van der Waals surface area (Å²) in [5, 5.41) is 14.0. The molecular weight excluding hydrogens is 232 g/mol. The predicted octanol–water partition coefficient (Wildman–Crippen LogP) is 0.358. The van der Waals surface area contributed by atoms with Crippen LogP contribution in [0, 0.1) is 11.3 Å². The highest BCUT2D eigenvalue weighted by Crippen LogP contribution is 2.19. The molecule has 1 aromatic carbocycles. The maximum absolute atomic E-state index is 11.6. The van der Waals surface area contributed by atoms with Crippen LogP contribution in [0.1, 0.15) is 18.4 Å². The molecule has 2 rings (SSSR count). The van der Waals surface area contributed by atoms with Gasteiger partial charge in [0.15, 0.2) is 0 Å². The number of rotatable bonds is 2. The molecule has 0 saturated carbocycles. The molecule has 1 aromatic rings. The first-order valence-corrected chi connectivity index (χ1v) is 5.49. The zero-order valence-corrected chi connectivity index (χ0v) is 9.56. The average molecular weight is 244 g/mol. The fourth-order valence-corrected chi connectivity index (χ4v) is 1.83. The van der Waals surface area contributed by atoms with Crippen molar-refractivity contribution in [2.24, 2.45) is 0 Å². The van der Waals surface area contributed by atoms with Crippen LogP contribution in [0.4, 0.5) is 11.4 Å². The number of imide groups is 1. The van der Waals surface area contributed by atoms with Crippen LogP contribution in [-0.2, 0) is 9.59 Å². The van der Waals surface area contributed by atoms with Crippen LogP contribution in [0.25, 0.3) is 0 Å². The van der Waals surface area contributed by atoms with Gasteiger partial charge in [-0.2, -0.15) is 5.26 Å². The van der Waals surface area contributed by atoms with Crippen LogP contribution >= 0.6 is 0 Å². The Hall–Kier alpha value is -2.55. The van der Waals surface area contributed by atoms with Gasteiger partial charge in [-0.25, -0.2) is 0 Å². The number of nitrogens with zero attached hydrogens (tertiary/aromatic N) is 1. The number of carbonyl (C=O) groups is 2. The second-order valence-corrected chi connectivity index (χ2v) is 4.10. The van der Waals surface area contributed by atoms with Crippen LogP contribution in [0.5, 0.6) is 0 Å². The van der Waals surface area contributed by atoms with Gasteiger partial charge in [-0.15, -0.1) is 0 Å². The minimum absolute atomic E-state index is 0.261. The van der Waals surface area contributed by atoms with Crippen molar-refractivity contribution in [3.8, 4) is 6.07 Å². The Morgan fingerprint density at radius 1 is 1.39 bits per heavy atom. The van der Waals surface area contributed by atoms with Crippen molar-refractivity contribution in [1.82, 2.24) is 5.32 Å². The highest BCUT2D eigenvalue weighted by atomic mass is 16.2. The van der Waals surface area contributed by atoms with Crippen molar-refractivity contribution in [2.75, 3.05) is 11.1 Å². The van der Waals surface area contributed by atoms with E-state index in [-0.39, 0.29) is 11.8 Å². The predicted molar refractivity (Wildman–Crippen MR) is 65.4 cm³/mol. The second kappa shape index (κ2) is 4.75. The quantitative estimate of drug-likeness (QED) is 0.514. The Labute approximate surface area is 104 Å². The molecule has 0 aliphatic carbocycles. The van der Waals surface area contributed by atoms with E-state index in [0.29, 0.717) is 29.8 Å². The molecular formula is C12H12N4O2. The number of nitrogen functional groups attached to an aromatic ring is 1. The summed E-state index contributed by atoms with van der Waals surface area (Å²) < 4.78 is 0.